The summed E-state index contributed by atoms with van der Waals surface area (Å²) in [6.07, 6.45) is 12.7. The maximum absolute atomic E-state index is 13.5. The van der Waals surface area contributed by atoms with Crippen LogP contribution in [-0.4, -0.2) is 62.1 Å². The van der Waals surface area contributed by atoms with Crippen LogP contribution in [0.3, 0.4) is 0 Å². The third kappa shape index (κ3) is 4.92. The minimum Gasteiger partial charge on any atom is -0.322 e. The Morgan fingerprint density at radius 1 is 1.02 bits per heavy atom. The van der Waals surface area contributed by atoms with Gasteiger partial charge in [-0.1, -0.05) is 37.3 Å². The fourth-order valence-electron chi connectivity index (χ4n) is 7.07. The number of fused-ring (bicyclic) bond motifs is 2. The summed E-state index contributed by atoms with van der Waals surface area (Å²) in [6, 6.07) is 13.1. The fourth-order valence-corrected chi connectivity index (χ4v) is 7.07. The van der Waals surface area contributed by atoms with Gasteiger partial charge in [0.15, 0.2) is 0 Å². The molecule has 2 saturated heterocycles. The van der Waals surface area contributed by atoms with E-state index in [0.29, 0.717) is 30.3 Å². The lowest BCUT2D eigenvalue weighted by Gasteiger charge is -2.29. The number of rotatable bonds is 4. The third-order valence-electron chi connectivity index (χ3n) is 9.52. The first-order valence-corrected chi connectivity index (χ1v) is 15.1. The molecule has 1 N–H and O–H groups in total. The quantitative estimate of drug-likeness (QED) is 0.379. The lowest BCUT2D eigenvalue weighted by atomic mass is 9.81. The average Bonchev–Trinajstić information content (AvgIpc) is 3.34. The van der Waals surface area contributed by atoms with Gasteiger partial charge in [0.1, 0.15) is 31.2 Å². The molecule has 43 heavy (non-hydrogen) atoms. The number of allylic oxidation sites excluding steroid dienone is 1. The Labute approximate surface area is 249 Å². The number of hydrogen-bond acceptors (Lipinski definition) is 5. The Balaban J connectivity index is 1.03. The Kier molecular flexibility index (Phi) is 6.88. The zero-order chi connectivity index (χ0) is 29.7. The van der Waals surface area contributed by atoms with E-state index in [2.05, 4.69) is 52.3 Å². The van der Waals surface area contributed by atoms with Crippen LogP contribution in [0.25, 0.3) is 11.9 Å². The maximum Gasteiger partial charge on any atom is 0.260 e. The SMILES string of the molecule is CC1c2c(ccn(-c3ccccn3)c2=O)C=CC1C=[N+]1CCC(c2ccc3c(c2)CN(C2CCC(=O)NC2=O)C3=O)CC1. The van der Waals surface area contributed by atoms with E-state index >= 15 is 0 Å². The minimum atomic E-state index is -0.596. The molecule has 0 spiro atoms. The Bertz CT molecular complexity index is 1750. The van der Waals surface area contributed by atoms with E-state index in [9.17, 15) is 19.2 Å². The van der Waals surface area contributed by atoms with Crippen LogP contribution >= 0.6 is 0 Å². The van der Waals surface area contributed by atoms with Crippen molar-refractivity contribution in [1.82, 2.24) is 19.8 Å². The zero-order valence-electron chi connectivity index (χ0n) is 24.1. The lowest BCUT2D eigenvalue weighted by molar-refractivity contribution is -0.536. The molecule has 1 aliphatic carbocycles. The average molecular weight is 577 g/mol. The predicted octanol–water partition coefficient (Wildman–Crippen LogP) is 3.40. The molecule has 0 saturated carbocycles. The molecule has 3 aromatic rings. The van der Waals surface area contributed by atoms with Gasteiger partial charge < -0.3 is 4.90 Å². The molecule has 1 aromatic carbocycles. The molecule has 3 amide bonds. The van der Waals surface area contributed by atoms with E-state index < -0.39 is 6.04 Å². The van der Waals surface area contributed by atoms with Gasteiger partial charge in [0, 0.05) is 55.2 Å². The summed E-state index contributed by atoms with van der Waals surface area (Å²) in [5, 5.41) is 2.37. The smallest absolute Gasteiger partial charge is 0.260 e. The van der Waals surface area contributed by atoms with Gasteiger partial charge in [-0.2, -0.15) is 0 Å². The standard InChI is InChI=1S/C34H33N5O4/c1-21-25(6-5-23-13-17-38(34(43)31(21)23)29-4-2-3-14-35-29)19-37-15-11-22(12-16-37)24-7-8-27-26(18-24)20-39(33(27)42)28-9-10-30(40)36-32(28)41/h2-8,13-14,17-19,21-22,25,28H,9-12,15-16,20H2,1H3/p+1. The van der Waals surface area contributed by atoms with Gasteiger partial charge in [0.25, 0.3) is 11.5 Å². The molecule has 3 atom stereocenters. The van der Waals surface area contributed by atoms with E-state index in [-0.39, 0.29) is 41.5 Å². The number of imide groups is 1. The van der Waals surface area contributed by atoms with E-state index in [0.717, 1.165) is 42.6 Å². The van der Waals surface area contributed by atoms with Gasteiger partial charge in [-0.05, 0) is 53.3 Å². The highest BCUT2D eigenvalue weighted by Crippen LogP contribution is 2.34. The van der Waals surface area contributed by atoms with Crippen molar-refractivity contribution in [2.75, 3.05) is 13.1 Å². The van der Waals surface area contributed by atoms with Gasteiger partial charge in [-0.25, -0.2) is 9.56 Å². The molecule has 5 heterocycles. The highest BCUT2D eigenvalue weighted by atomic mass is 16.2. The van der Waals surface area contributed by atoms with Crippen LogP contribution in [0.15, 0.2) is 65.7 Å². The van der Waals surface area contributed by atoms with Gasteiger partial charge in [-0.15, -0.1) is 0 Å². The predicted molar refractivity (Wildman–Crippen MR) is 161 cm³/mol. The molecule has 9 nitrogen and oxygen atoms in total. The number of piperidine rings is 2. The largest absolute Gasteiger partial charge is 0.322 e. The second kappa shape index (κ2) is 10.9. The second-order valence-electron chi connectivity index (χ2n) is 12.0. The molecule has 0 radical (unpaired) electrons. The van der Waals surface area contributed by atoms with E-state index in [1.807, 2.05) is 30.3 Å². The third-order valence-corrected chi connectivity index (χ3v) is 9.52. The maximum atomic E-state index is 13.5. The number of nitrogens with zero attached hydrogens (tertiary/aromatic N) is 4. The molecule has 218 valence electrons. The van der Waals surface area contributed by atoms with Crippen molar-refractivity contribution in [1.29, 1.82) is 0 Å². The Morgan fingerprint density at radius 2 is 1.86 bits per heavy atom. The van der Waals surface area contributed by atoms with Crippen LogP contribution in [0.1, 0.15) is 77.1 Å². The van der Waals surface area contributed by atoms with Crippen LogP contribution in [0.4, 0.5) is 0 Å². The second-order valence-corrected chi connectivity index (χ2v) is 12.0. The normalized spacial score (nSPS) is 24.9. The minimum absolute atomic E-state index is 0.0172. The number of amides is 3. The molecule has 2 aromatic heterocycles. The van der Waals surface area contributed by atoms with Crippen LogP contribution in [0, 0.1) is 5.92 Å². The first-order valence-electron chi connectivity index (χ1n) is 15.1. The molecule has 3 aliphatic heterocycles. The molecule has 0 bridgehead atoms. The molecule has 7 rings (SSSR count). The number of carbonyl (C=O) groups is 3. The first-order chi connectivity index (χ1) is 20.9. The van der Waals surface area contributed by atoms with Gasteiger partial charge in [-0.3, -0.25) is 29.1 Å². The van der Waals surface area contributed by atoms with Crippen molar-refractivity contribution in [3.63, 3.8) is 0 Å². The van der Waals surface area contributed by atoms with E-state index in [1.165, 1.54) is 5.56 Å². The summed E-state index contributed by atoms with van der Waals surface area (Å²) in [4.78, 5) is 56.5. The number of carbonyl (C=O) groups excluding carboxylic acids is 3. The van der Waals surface area contributed by atoms with Crippen molar-refractivity contribution in [3.05, 3.63) is 99.1 Å². The van der Waals surface area contributed by atoms with Crippen molar-refractivity contribution in [2.24, 2.45) is 5.92 Å². The number of hydrogen-bond donors (Lipinski definition) is 1. The summed E-state index contributed by atoms with van der Waals surface area (Å²) in [6.45, 7) is 4.36. The highest BCUT2D eigenvalue weighted by Gasteiger charge is 2.39. The topological polar surface area (TPSA) is 104 Å². The van der Waals surface area contributed by atoms with Gasteiger partial charge >= 0.3 is 0 Å². The first kappa shape index (κ1) is 27.2. The van der Waals surface area contributed by atoms with Crippen molar-refractivity contribution >= 4 is 30.0 Å². The Morgan fingerprint density at radius 3 is 2.63 bits per heavy atom. The summed E-state index contributed by atoms with van der Waals surface area (Å²) in [7, 11) is 0. The number of aromatic nitrogens is 2. The summed E-state index contributed by atoms with van der Waals surface area (Å²) >= 11 is 0. The summed E-state index contributed by atoms with van der Waals surface area (Å²) in [5.41, 5.74) is 4.62. The highest BCUT2D eigenvalue weighted by molar-refractivity contribution is 6.05. The Hall–Kier alpha value is -4.66. The summed E-state index contributed by atoms with van der Waals surface area (Å²) < 4.78 is 4.01. The van der Waals surface area contributed by atoms with E-state index in [1.54, 1.807) is 21.9 Å². The van der Waals surface area contributed by atoms with Crippen molar-refractivity contribution in [3.8, 4) is 5.82 Å². The molecule has 9 heteroatoms. The fraction of sp³-hybridized carbons (Fsp3) is 0.353. The molecule has 2 fully saturated rings. The van der Waals surface area contributed by atoms with Crippen LogP contribution in [0.2, 0.25) is 0 Å². The molecular formula is C34H34N5O4+. The van der Waals surface area contributed by atoms with Crippen molar-refractivity contribution in [2.45, 2.75) is 57.0 Å². The number of pyridine rings is 2. The number of benzene rings is 1. The van der Waals surface area contributed by atoms with Crippen LogP contribution < -0.4 is 10.9 Å². The lowest BCUT2D eigenvalue weighted by Crippen LogP contribution is -2.52. The number of nitrogens with one attached hydrogen (secondary N) is 1. The monoisotopic (exact) mass is 576 g/mol. The zero-order valence-corrected chi connectivity index (χ0v) is 24.1. The summed E-state index contributed by atoms with van der Waals surface area (Å²) in [5.74, 6) is 0.385. The van der Waals surface area contributed by atoms with Crippen LogP contribution in [-0.2, 0) is 16.1 Å². The van der Waals surface area contributed by atoms with Crippen LogP contribution in [0.5, 0.6) is 0 Å². The molecule has 4 aliphatic rings. The van der Waals surface area contributed by atoms with Gasteiger partial charge in [0.05, 0.1) is 5.92 Å². The molecule has 3 unspecified atom stereocenters. The van der Waals surface area contributed by atoms with Gasteiger partial charge in [0.2, 0.25) is 11.8 Å². The van der Waals surface area contributed by atoms with E-state index in [4.69, 9.17) is 0 Å². The molecular weight excluding hydrogens is 542 g/mol. The van der Waals surface area contributed by atoms with Crippen molar-refractivity contribution < 1.29 is 19.0 Å².